The topological polar surface area (TPSA) is 35.5 Å². The second-order valence-electron chi connectivity index (χ2n) is 3.15. The zero-order chi connectivity index (χ0) is 9.90. The van der Waals surface area contributed by atoms with E-state index in [9.17, 15) is 4.79 Å². The van der Waals surface area contributed by atoms with E-state index in [4.69, 9.17) is 9.47 Å². The van der Waals surface area contributed by atoms with Crippen LogP contribution in [0.5, 0.6) is 0 Å². The molecule has 1 rings (SSSR count). The lowest BCUT2D eigenvalue weighted by Gasteiger charge is -2.24. The van der Waals surface area contributed by atoms with Gasteiger partial charge in [-0.15, -0.1) is 6.58 Å². The second-order valence-corrected chi connectivity index (χ2v) is 3.15. The van der Waals surface area contributed by atoms with Crippen molar-refractivity contribution in [2.24, 2.45) is 0 Å². The van der Waals surface area contributed by atoms with Crippen LogP contribution in [0.25, 0.3) is 0 Å². The van der Waals surface area contributed by atoms with Crippen LogP contribution < -0.4 is 0 Å². The summed E-state index contributed by atoms with van der Waals surface area (Å²) in [5, 5.41) is 0. The van der Waals surface area contributed by atoms with Gasteiger partial charge in [-0.3, -0.25) is 0 Å². The Kier molecular flexibility index (Phi) is 3.22. The lowest BCUT2D eigenvalue weighted by molar-refractivity contribution is -0.176. The highest BCUT2D eigenvalue weighted by Crippen LogP contribution is 2.33. The fourth-order valence-electron chi connectivity index (χ4n) is 1.53. The van der Waals surface area contributed by atoms with Gasteiger partial charge in [0.05, 0.1) is 0 Å². The van der Waals surface area contributed by atoms with Crippen LogP contribution >= 0.6 is 0 Å². The maximum absolute atomic E-state index is 10.6. The van der Waals surface area contributed by atoms with Gasteiger partial charge in [0.1, 0.15) is 12.2 Å². The van der Waals surface area contributed by atoms with Gasteiger partial charge in [0.15, 0.2) is 12.1 Å². The highest BCUT2D eigenvalue weighted by atomic mass is 16.8. The molecule has 0 saturated carbocycles. The lowest BCUT2D eigenvalue weighted by atomic mass is 10.1. The van der Waals surface area contributed by atoms with Gasteiger partial charge < -0.3 is 14.3 Å². The molecule has 2 atom stereocenters. The molecule has 0 aromatic carbocycles. The third kappa shape index (κ3) is 1.81. The Morgan fingerprint density at radius 1 is 1.31 bits per heavy atom. The first-order valence-electron chi connectivity index (χ1n) is 4.64. The Bertz CT molecular complexity index is 178. The Hall–Kier alpha value is -0.670. The zero-order valence-corrected chi connectivity index (χ0v) is 8.16. The highest BCUT2D eigenvalue weighted by Gasteiger charge is 2.43. The maximum Gasteiger partial charge on any atom is 0.169 e. The van der Waals surface area contributed by atoms with Crippen molar-refractivity contribution in [2.45, 2.75) is 44.7 Å². The molecule has 13 heavy (non-hydrogen) atoms. The summed E-state index contributed by atoms with van der Waals surface area (Å²) in [6, 6.07) is 0. The van der Waals surface area contributed by atoms with Crippen molar-refractivity contribution in [3.8, 4) is 0 Å². The molecule has 3 nitrogen and oxygen atoms in total. The van der Waals surface area contributed by atoms with Crippen molar-refractivity contribution < 1.29 is 14.3 Å². The molecule has 1 heterocycles. The average Bonchev–Trinajstić information content (AvgIpc) is 2.57. The zero-order valence-electron chi connectivity index (χ0n) is 8.16. The molecule has 0 N–H and O–H groups in total. The quantitative estimate of drug-likeness (QED) is 0.492. The molecule has 0 aromatic heterocycles. The number of carbonyl (C=O) groups excluding carboxylic acids is 1. The first-order chi connectivity index (χ1) is 6.21. The standard InChI is InChI=1S/C10H16O3/c1-4-8-9(7-11)13-10(5-2,6-3)12-8/h4,7-9H,1,5-6H2,2-3H3. The summed E-state index contributed by atoms with van der Waals surface area (Å²) in [6.07, 6.45) is 3.11. The first kappa shape index (κ1) is 10.4. The predicted octanol–water partition coefficient (Wildman–Crippen LogP) is 1.67. The SMILES string of the molecule is C=CC1OC(CC)(CC)OC1C=O. The van der Waals surface area contributed by atoms with Crippen LogP contribution in [-0.4, -0.2) is 24.3 Å². The fourth-order valence-corrected chi connectivity index (χ4v) is 1.53. The summed E-state index contributed by atoms with van der Waals surface area (Å²) in [5.41, 5.74) is 0. The summed E-state index contributed by atoms with van der Waals surface area (Å²) in [7, 11) is 0. The normalized spacial score (nSPS) is 31.5. The van der Waals surface area contributed by atoms with E-state index in [1.807, 2.05) is 13.8 Å². The number of hydrogen-bond donors (Lipinski definition) is 0. The molecule has 1 fully saturated rings. The molecule has 74 valence electrons. The van der Waals surface area contributed by atoms with E-state index >= 15 is 0 Å². The molecular weight excluding hydrogens is 168 g/mol. The van der Waals surface area contributed by atoms with E-state index in [0.717, 1.165) is 19.1 Å². The van der Waals surface area contributed by atoms with E-state index in [2.05, 4.69) is 6.58 Å². The lowest BCUT2D eigenvalue weighted by Crippen LogP contribution is -2.29. The Balaban J connectivity index is 2.75. The summed E-state index contributed by atoms with van der Waals surface area (Å²) >= 11 is 0. The van der Waals surface area contributed by atoms with E-state index < -0.39 is 11.9 Å². The van der Waals surface area contributed by atoms with Crippen molar-refractivity contribution in [1.82, 2.24) is 0 Å². The molecule has 0 spiro atoms. The van der Waals surface area contributed by atoms with Gasteiger partial charge in [-0.05, 0) is 12.8 Å². The number of carbonyl (C=O) groups is 1. The minimum absolute atomic E-state index is 0.294. The van der Waals surface area contributed by atoms with Crippen LogP contribution in [-0.2, 0) is 14.3 Å². The molecule has 0 aliphatic carbocycles. The third-order valence-corrected chi connectivity index (χ3v) is 2.47. The number of rotatable bonds is 4. The molecule has 0 aromatic rings. The Morgan fingerprint density at radius 2 is 1.85 bits per heavy atom. The number of hydrogen-bond acceptors (Lipinski definition) is 3. The molecule has 0 radical (unpaired) electrons. The third-order valence-electron chi connectivity index (χ3n) is 2.47. The van der Waals surface area contributed by atoms with E-state index in [1.165, 1.54) is 0 Å². The molecule has 0 amide bonds. The van der Waals surface area contributed by atoms with Crippen molar-refractivity contribution >= 4 is 6.29 Å². The molecule has 0 bridgehead atoms. The second kappa shape index (κ2) is 4.03. The van der Waals surface area contributed by atoms with Gasteiger partial charge in [0.2, 0.25) is 0 Å². The van der Waals surface area contributed by atoms with Gasteiger partial charge >= 0.3 is 0 Å². The Labute approximate surface area is 78.7 Å². The molecular formula is C10H16O3. The van der Waals surface area contributed by atoms with Crippen LogP contribution in [0.2, 0.25) is 0 Å². The summed E-state index contributed by atoms with van der Waals surface area (Å²) in [6.45, 7) is 7.58. The minimum atomic E-state index is -0.579. The minimum Gasteiger partial charge on any atom is -0.339 e. The average molecular weight is 184 g/mol. The molecule has 1 aliphatic heterocycles. The van der Waals surface area contributed by atoms with Crippen molar-refractivity contribution in [2.75, 3.05) is 0 Å². The van der Waals surface area contributed by atoms with Crippen molar-refractivity contribution in [1.29, 1.82) is 0 Å². The highest BCUT2D eigenvalue weighted by molar-refractivity contribution is 5.58. The predicted molar refractivity (Wildman–Crippen MR) is 49.3 cm³/mol. The van der Waals surface area contributed by atoms with Crippen molar-refractivity contribution in [3.05, 3.63) is 12.7 Å². The molecule has 1 aliphatic rings. The number of aldehydes is 1. The van der Waals surface area contributed by atoms with Gasteiger partial charge in [0.25, 0.3) is 0 Å². The monoisotopic (exact) mass is 184 g/mol. The van der Waals surface area contributed by atoms with Gasteiger partial charge in [0, 0.05) is 0 Å². The van der Waals surface area contributed by atoms with Crippen LogP contribution in [0, 0.1) is 0 Å². The number of ether oxygens (including phenoxy) is 2. The summed E-state index contributed by atoms with van der Waals surface area (Å²) < 4.78 is 11.2. The maximum atomic E-state index is 10.6. The van der Waals surface area contributed by atoms with E-state index in [-0.39, 0.29) is 6.10 Å². The molecule has 3 heteroatoms. The van der Waals surface area contributed by atoms with Gasteiger partial charge in [-0.1, -0.05) is 19.9 Å². The fraction of sp³-hybridized carbons (Fsp3) is 0.700. The summed E-state index contributed by atoms with van der Waals surface area (Å²) in [5.74, 6) is -0.579. The Morgan fingerprint density at radius 3 is 2.15 bits per heavy atom. The largest absolute Gasteiger partial charge is 0.339 e. The van der Waals surface area contributed by atoms with Gasteiger partial charge in [-0.25, -0.2) is 0 Å². The van der Waals surface area contributed by atoms with Gasteiger partial charge in [-0.2, -0.15) is 0 Å². The van der Waals surface area contributed by atoms with E-state index in [1.54, 1.807) is 6.08 Å². The van der Waals surface area contributed by atoms with Crippen molar-refractivity contribution in [3.63, 3.8) is 0 Å². The smallest absolute Gasteiger partial charge is 0.169 e. The van der Waals surface area contributed by atoms with E-state index in [0.29, 0.717) is 0 Å². The van der Waals surface area contributed by atoms with Crippen LogP contribution in [0.15, 0.2) is 12.7 Å². The molecule has 2 unspecified atom stereocenters. The van der Waals surface area contributed by atoms with Crippen LogP contribution in [0.3, 0.4) is 0 Å². The molecule has 1 saturated heterocycles. The summed E-state index contributed by atoms with van der Waals surface area (Å²) in [4.78, 5) is 10.6. The first-order valence-corrected chi connectivity index (χ1v) is 4.64. The van der Waals surface area contributed by atoms with Crippen LogP contribution in [0.4, 0.5) is 0 Å². The van der Waals surface area contributed by atoms with Crippen LogP contribution in [0.1, 0.15) is 26.7 Å².